The maximum atomic E-state index is 6.36. The van der Waals surface area contributed by atoms with Gasteiger partial charge in [-0.25, -0.2) is 0 Å². The second kappa shape index (κ2) is 9.80. The SMILES string of the molecule is COc1ccc(-c2cc(Cl)ccc2[Se]c2ccc(Cl)cc2-c2ccc(OC)cc2)cc1. The second-order valence-electron chi connectivity index (χ2n) is 6.84. The molecule has 4 aromatic rings. The van der Waals surface area contributed by atoms with Crippen LogP contribution in [0.25, 0.3) is 22.3 Å². The van der Waals surface area contributed by atoms with Crippen molar-refractivity contribution >= 4 is 47.1 Å². The summed E-state index contributed by atoms with van der Waals surface area (Å²) >= 11 is 12.8. The fourth-order valence-corrected chi connectivity index (χ4v) is 5.91. The van der Waals surface area contributed by atoms with E-state index in [4.69, 9.17) is 32.7 Å². The minimum absolute atomic E-state index is 0.0414. The van der Waals surface area contributed by atoms with Crippen molar-refractivity contribution in [3.05, 3.63) is 95.0 Å². The van der Waals surface area contributed by atoms with Gasteiger partial charge in [0.15, 0.2) is 0 Å². The molecule has 0 amide bonds. The molecule has 2 nitrogen and oxygen atoms in total. The molecule has 0 spiro atoms. The molecule has 0 aliphatic heterocycles. The van der Waals surface area contributed by atoms with Crippen LogP contribution in [0.1, 0.15) is 0 Å². The Hall–Kier alpha value is -2.42. The third kappa shape index (κ3) is 5.08. The summed E-state index contributed by atoms with van der Waals surface area (Å²) in [6, 6.07) is 28.4. The van der Waals surface area contributed by atoms with Crippen molar-refractivity contribution in [1.29, 1.82) is 0 Å². The fraction of sp³-hybridized carbons (Fsp3) is 0.0769. The van der Waals surface area contributed by atoms with Gasteiger partial charge >= 0.3 is 200 Å². The Morgan fingerprint density at radius 1 is 0.548 bits per heavy atom. The van der Waals surface area contributed by atoms with Crippen molar-refractivity contribution in [3.63, 3.8) is 0 Å². The summed E-state index contributed by atoms with van der Waals surface area (Å²) in [6.07, 6.45) is 0. The van der Waals surface area contributed by atoms with Crippen molar-refractivity contribution < 1.29 is 9.47 Å². The van der Waals surface area contributed by atoms with Crippen LogP contribution in [0.2, 0.25) is 10.0 Å². The van der Waals surface area contributed by atoms with Gasteiger partial charge in [0.05, 0.1) is 0 Å². The summed E-state index contributed by atoms with van der Waals surface area (Å²) in [5.74, 6) is 1.66. The molecule has 0 atom stereocenters. The molecule has 31 heavy (non-hydrogen) atoms. The zero-order valence-corrected chi connectivity index (χ0v) is 20.3. The zero-order valence-electron chi connectivity index (χ0n) is 17.1. The van der Waals surface area contributed by atoms with Crippen molar-refractivity contribution in [2.24, 2.45) is 0 Å². The van der Waals surface area contributed by atoms with Gasteiger partial charge in [-0.1, -0.05) is 0 Å². The quantitative estimate of drug-likeness (QED) is 0.294. The molecule has 0 fully saturated rings. The molecular formula is C26H20Cl2O2Se. The summed E-state index contributed by atoms with van der Waals surface area (Å²) in [5, 5.41) is 1.44. The van der Waals surface area contributed by atoms with E-state index in [0.717, 1.165) is 43.8 Å². The molecule has 156 valence electrons. The van der Waals surface area contributed by atoms with E-state index in [9.17, 15) is 0 Å². The maximum absolute atomic E-state index is 6.36. The Morgan fingerprint density at radius 2 is 0.935 bits per heavy atom. The number of benzene rings is 4. The number of methoxy groups -OCH3 is 2. The van der Waals surface area contributed by atoms with Crippen LogP contribution in [-0.2, 0) is 0 Å². The first-order chi connectivity index (χ1) is 15.1. The summed E-state index contributed by atoms with van der Waals surface area (Å²) in [6.45, 7) is 0. The van der Waals surface area contributed by atoms with E-state index in [1.165, 1.54) is 8.92 Å². The Kier molecular flexibility index (Phi) is 6.89. The van der Waals surface area contributed by atoms with E-state index in [1.807, 2.05) is 48.5 Å². The van der Waals surface area contributed by atoms with E-state index in [-0.39, 0.29) is 15.0 Å². The van der Waals surface area contributed by atoms with Crippen LogP contribution in [0.3, 0.4) is 0 Å². The Labute approximate surface area is 198 Å². The number of ether oxygens (including phenoxy) is 2. The molecule has 0 radical (unpaired) electrons. The Balaban J connectivity index is 1.76. The first kappa shape index (κ1) is 21.8. The van der Waals surface area contributed by atoms with Gasteiger partial charge in [0, 0.05) is 0 Å². The summed E-state index contributed by atoms with van der Waals surface area (Å²) in [5.41, 5.74) is 4.48. The van der Waals surface area contributed by atoms with Gasteiger partial charge in [0.25, 0.3) is 0 Å². The molecule has 0 N–H and O–H groups in total. The monoisotopic (exact) mass is 514 g/mol. The molecule has 0 saturated carbocycles. The van der Waals surface area contributed by atoms with Crippen LogP contribution in [-0.4, -0.2) is 29.2 Å². The van der Waals surface area contributed by atoms with Gasteiger partial charge in [0.1, 0.15) is 0 Å². The van der Waals surface area contributed by atoms with Gasteiger partial charge in [-0.05, 0) is 0 Å². The first-order valence-electron chi connectivity index (χ1n) is 9.63. The Bertz CT molecular complexity index is 1090. The van der Waals surface area contributed by atoms with E-state index >= 15 is 0 Å². The van der Waals surface area contributed by atoms with Gasteiger partial charge in [0.2, 0.25) is 0 Å². The summed E-state index contributed by atoms with van der Waals surface area (Å²) in [4.78, 5) is 0. The van der Waals surface area contributed by atoms with Crippen molar-refractivity contribution in [2.45, 2.75) is 0 Å². The number of halogens is 2. The first-order valence-corrected chi connectivity index (χ1v) is 12.1. The van der Waals surface area contributed by atoms with Gasteiger partial charge in [-0.3, -0.25) is 0 Å². The predicted octanol–water partition coefficient (Wildman–Crippen LogP) is 6.00. The zero-order chi connectivity index (χ0) is 21.8. The molecule has 4 aromatic carbocycles. The van der Waals surface area contributed by atoms with E-state index in [0.29, 0.717) is 0 Å². The van der Waals surface area contributed by atoms with Crippen molar-refractivity contribution in [3.8, 4) is 33.8 Å². The van der Waals surface area contributed by atoms with E-state index in [2.05, 4.69) is 36.4 Å². The second-order valence-corrected chi connectivity index (χ2v) is 9.99. The number of hydrogen-bond acceptors (Lipinski definition) is 2. The van der Waals surface area contributed by atoms with Crippen LogP contribution in [0.4, 0.5) is 0 Å². The molecule has 5 heteroatoms. The van der Waals surface area contributed by atoms with Crippen LogP contribution in [0.15, 0.2) is 84.9 Å². The molecule has 0 bridgehead atoms. The van der Waals surface area contributed by atoms with Crippen molar-refractivity contribution in [2.75, 3.05) is 14.2 Å². The molecule has 0 aliphatic carbocycles. The predicted molar refractivity (Wildman–Crippen MR) is 132 cm³/mol. The molecule has 0 aromatic heterocycles. The van der Waals surface area contributed by atoms with Crippen LogP contribution in [0, 0.1) is 0 Å². The van der Waals surface area contributed by atoms with E-state index in [1.54, 1.807) is 14.2 Å². The van der Waals surface area contributed by atoms with Gasteiger partial charge in [-0.15, -0.1) is 0 Å². The number of rotatable bonds is 6. The van der Waals surface area contributed by atoms with Gasteiger partial charge < -0.3 is 0 Å². The fourth-order valence-electron chi connectivity index (χ4n) is 3.29. The third-order valence-electron chi connectivity index (χ3n) is 4.91. The summed E-state index contributed by atoms with van der Waals surface area (Å²) < 4.78 is 13.1. The number of hydrogen-bond donors (Lipinski definition) is 0. The minimum atomic E-state index is 0.0414. The standard InChI is InChI=1S/C26H20Cl2O2Se/c1-29-21-9-3-17(4-10-21)23-15-19(27)7-13-25(23)31-26-14-8-20(28)16-24(26)18-5-11-22(30-2)12-6-18/h3-16H,1-2H3. The average molecular weight is 514 g/mol. The summed E-state index contributed by atoms with van der Waals surface area (Å²) in [7, 11) is 3.34. The Morgan fingerprint density at radius 3 is 1.29 bits per heavy atom. The third-order valence-corrected chi connectivity index (χ3v) is 7.79. The topological polar surface area (TPSA) is 18.5 Å². The molecule has 0 saturated heterocycles. The molecule has 4 rings (SSSR count). The van der Waals surface area contributed by atoms with Crippen LogP contribution < -0.4 is 18.4 Å². The molecule has 0 aliphatic rings. The van der Waals surface area contributed by atoms with Crippen LogP contribution in [0.5, 0.6) is 11.5 Å². The van der Waals surface area contributed by atoms with E-state index < -0.39 is 0 Å². The van der Waals surface area contributed by atoms with Crippen molar-refractivity contribution in [1.82, 2.24) is 0 Å². The van der Waals surface area contributed by atoms with Gasteiger partial charge in [-0.2, -0.15) is 0 Å². The average Bonchev–Trinajstić information content (AvgIpc) is 2.81. The molecule has 0 heterocycles. The molecule has 0 unspecified atom stereocenters. The van der Waals surface area contributed by atoms with Crippen LogP contribution >= 0.6 is 23.2 Å². The normalized spacial score (nSPS) is 10.7. The molecular weight excluding hydrogens is 494 g/mol.